The molecule has 0 aliphatic carbocycles. The van der Waals surface area contributed by atoms with Crippen LogP contribution in [0.2, 0.25) is 0 Å². The summed E-state index contributed by atoms with van der Waals surface area (Å²) in [4.78, 5) is 6.67. The third kappa shape index (κ3) is 8.35. The van der Waals surface area contributed by atoms with Gasteiger partial charge in [0, 0.05) is 46.9 Å². The summed E-state index contributed by atoms with van der Waals surface area (Å²) in [7, 11) is 3.47. The molecule has 2 rings (SSSR count). The molecule has 0 radical (unpaired) electrons. The SMILES string of the molecule is CN=C(NCCOC)NCc1cccc(CN2CCOC(C)C2)c1.I. The fourth-order valence-corrected chi connectivity index (χ4v) is 2.81. The van der Waals surface area contributed by atoms with Crippen molar-refractivity contribution in [1.82, 2.24) is 15.5 Å². The predicted molar refractivity (Wildman–Crippen MR) is 113 cm³/mol. The van der Waals surface area contributed by atoms with Crippen LogP contribution >= 0.6 is 24.0 Å². The summed E-state index contributed by atoms with van der Waals surface area (Å²) in [5.41, 5.74) is 2.59. The van der Waals surface area contributed by atoms with Crippen molar-refractivity contribution in [3.05, 3.63) is 35.4 Å². The zero-order chi connectivity index (χ0) is 17.2. The maximum absolute atomic E-state index is 5.61. The van der Waals surface area contributed by atoms with Crippen molar-refractivity contribution in [2.45, 2.75) is 26.1 Å². The van der Waals surface area contributed by atoms with E-state index in [0.29, 0.717) is 12.7 Å². The fourth-order valence-electron chi connectivity index (χ4n) is 2.81. The van der Waals surface area contributed by atoms with Gasteiger partial charge in [-0.3, -0.25) is 9.89 Å². The normalized spacial score (nSPS) is 18.5. The minimum absolute atomic E-state index is 0. The Morgan fingerprint density at radius 2 is 2.16 bits per heavy atom. The number of nitrogens with zero attached hydrogens (tertiary/aromatic N) is 2. The van der Waals surface area contributed by atoms with Gasteiger partial charge in [0.1, 0.15) is 0 Å². The molecule has 1 aliphatic heterocycles. The van der Waals surface area contributed by atoms with Gasteiger partial charge in [0.05, 0.1) is 19.3 Å². The largest absolute Gasteiger partial charge is 0.383 e. The number of halogens is 1. The standard InChI is InChI=1S/C18H30N4O2.HI/c1-15-13-22(8-10-24-15)14-17-6-4-5-16(11-17)12-21-18(19-2)20-7-9-23-3;/h4-6,11,15H,7-10,12-14H2,1-3H3,(H2,19,20,21);1H. The Balaban J connectivity index is 0.00000312. The second-order valence-corrected chi connectivity index (χ2v) is 6.08. The molecule has 7 heteroatoms. The Morgan fingerprint density at radius 1 is 1.36 bits per heavy atom. The van der Waals surface area contributed by atoms with Crippen molar-refractivity contribution < 1.29 is 9.47 Å². The highest BCUT2D eigenvalue weighted by atomic mass is 127. The van der Waals surface area contributed by atoms with Gasteiger partial charge in [0.2, 0.25) is 0 Å². The maximum Gasteiger partial charge on any atom is 0.191 e. The highest BCUT2D eigenvalue weighted by molar-refractivity contribution is 14.0. The van der Waals surface area contributed by atoms with Crippen LogP contribution in [0.3, 0.4) is 0 Å². The molecule has 1 aromatic rings. The topological polar surface area (TPSA) is 58.1 Å². The number of benzene rings is 1. The summed E-state index contributed by atoms with van der Waals surface area (Å²) in [5.74, 6) is 0.791. The van der Waals surface area contributed by atoms with Crippen LogP contribution in [0.5, 0.6) is 0 Å². The highest BCUT2D eigenvalue weighted by Crippen LogP contribution is 2.12. The molecule has 1 aliphatic rings. The highest BCUT2D eigenvalue weighted by Gasteiger charge is 2.16. The minimum Gasteiger partial charge on any atom is -0.383 e. The van der Waals surface area contributed by atoms with E-state index in [1.165, 1.54) is 11.1 Å². The quantitative estimate of drug-likeness (QED) is 0.280. The monoisotopic (exact) mass is 462 g/mol. The molecule has 0 bridgehead atoms. The summed E-state index contributed by atoms with van der Waals surface area (Å²) < 4.78 is 10.6. The molecule has 1 unspecified atom stereocenters. The first kappa shape index (κ1) is 22.1. The molecule has 0 spiro atoms. The van der Waals surface area contributed by atoms with Crippen LogP contribution in [0.1, 0.15) is 18.1 Å². The van der Waals surface area contributed by atoms with Gasteiger partial charge in [0.15, 0.2) is 5.96 Å². The molecule has 0 amide bonds. The van der Waals surface area contributed by atoms with E-state index in [2.05, 4.69) is 51.7 Å². The smallest absolute Gasteiger partial charge is 0.191 e. The van der Waals surface area contributed by atoms with Crippen molar-refractivity contribution in [2.75, 3.05) is 47.0 Å². The number of ether oxygens (including phenoxy) is 2. The van der Waals surface area contributed by atoms with Crippen molar-refractivity contribution in [2.24, 2.45) is 4.99 Å². The Morgan fingerprint density at radius 3 is 2.88 bits per heavy atom. The van der Waals surface area contributed by atoms with E-state index in [1.807, 2.05) is 0 Å². The van der Waals surface area contributed by atoms with E-state index >= 15 is 0 Å². The van der Waals surface area contributed by atoms with E-state index in [1.54, 1.807) is 14.2 Å². The Labute approximate surface area is 168 Å². The summed E-state index contributed by atoms with van der Waals surface area (Å²) in [6.07, 6.45) is 0.324. The van der Waals surface area contributed by atoms with Gasteiger partial charge in [-0.05, 0) is 18.1 Å². The first-order chi connectivity index (χ1) is 11.7. The van der Waals surface area contributed by atoms with Crippen LogP contribution in [0.25, 0.3) is 0 Å². The lowest BCUT2D eigenvalue weighted by atomic mass is 10.1. The Bertz CT molecular complexity index is 528. The van der Waals surface area contributed by atoms with Gasteiger partial charge in [0.25, 0.3) is 0 Å². The molecule has 142 valence electrons. The third-order valence-corrected chi connectivity index (χ3v) is 4.00. The minimum atomic E-state index is 0. The Hall–Kier alpha value is -0.900. The number of methoxy groups -OCH3 is 1. The van der Waals surface area contributed by atoms with Gasteiger partial charge in [-0.2, -0.15) is 0 Å². The summed E-state index contributed by atoms with van der Waals surface area (Å²) in [6.45, 7) is 8.09. The van der Waals surface area contributed by atoms with Gasteiger partial charge >= 0.3 is 0 Å². The number of rotatable bonds is 7. The number of guanidine groups is 1. The van der Waals surface area contributed by atoms with Crippen LogP contribution in [-0.2, 0) is 22.6 Å². The fraction of sp³-hybridized carbons (Fsp3) is 0.611. The lowest BCUT2D eigenvalue weighted by molar-refractivity contribution is -0.0212. The first-order valence-corrected chi connectivity index (χ1v) is 8.56. The molecule has 25 heavy (non-hydrogen) atoms. The van der Waals surface area contributed by atoms with Crippen LogP contribution in [0.15, 0.2) is 29.3 Å². The number of aliphatic imine (C=N–C) groups is 1. The van der Waals surface area contributed by atoms with Crippen molar-refractivity contribution in [3.8, 4) is 0 Å². The average Bonchev–Trinajstić information content (AvgIpc) is 2.58. The average molecular weight is 462 g/mol. The lowest BCUT2D eigenvalue weighted by Crippen LogP contribution is -2.40. The van der Waals surface area contributed by atoms with Gasteiger partial charge in [-0.25, -0.2) is 0 Å². The number of hydrogen-bond donors (Lipinski definition) is 2. The van der Waals surface area contributed by atoms with Gasteiger partial charge < -0.3 is 20.1 Å². The summed E-state index contributed by atoms with van der Waals surface area (Å²) in [6, 6.07) is 8.71. The zero-order valence-corrected chi connectivity index (χ0v) is 17.8. The van der Waals surface area contributed by atoms with E-state index in [0.717, 1.165) is 45.3 Å². The van der Waals surface area contributed by atoms with Crippen LogP contribution in [0.4, 0.5) is 0 Å². The molecule has 0 aromatic heterocycles. The maximum atomic E-state index is 5.61. The summed E-state index contributed by atoms with van der Waals surface area (Å²) >= 11 is 0. The number of hydrogen-bond acceptors (Lipinski definition) is 4. The summed E-state index contributed by atoms with van der Waals surface area (Å²) in [5, 5.41) is 6.55. The second kappa shape index (κ2) is 12.5. The second-order valence-electron chi connectivity index (χ2n) is 6.08. The molecule has 1 saturated heterocycles. The molecule has 6 nitrogen and oxygen atoms in total. The molecule has 2 N–H and O–H groups in total. The predicted octanol–water partition coefficient (Wildman–Crippen LogP) is 1.84. The van der Waals surface area contributed by atoms with Crippen LogP contribution in [-0.4, -0.2) is 64.0 Å². The number of morpholine rings is 1. The van der Waals surface area contributed by atoms with Crippen LogP contribution < -0.4 is 10.6 Å². The molecular weight excluding hydrogens is 431 g/mol. The number of nitrogens with one attached hydrogen (secondary N) is 2. The van der Waals surface area contributed by atoms with E-state index in [9.17, 15) is 0 Å². The lowest BCUT2D eigenvalue weighted by Gasteiger charge is -2.31. The van der Waals surface area contributed by atoms with Crippen molar-refractivity contribution in [1.29, 1.82) is 0 Å². The Kier molecular flexibility index (Phi) is 11.0. The van der Waals surface area contributed by atoms with E-state index < -0.39 is 0 Å². The van der Waals surface area contributed by atoms with Gasteiger partial charge in [-0.1, -0.05) is 24.3 Å². The molecule has 1 heterocycles. The van der Waals surface area contributed by atoms with E-state index in [-0.39, 0.29) is 24.0 Å². The van der Waals surface area contributed by atoms with Gasteiger partial charge in [-0.15, -0.1) is 24.0 Å². The van der Waals surface area contributed by atoms with E-state index in [4.69, 9.17) is 9.47 Å². The third-order valence-electron chi connectivity index (χ3n) is 4.00. The van der Waals surface area contributed by atoms with Crippen LogP contribution in [0, 0.1) is 0 Å². The molecule has 1 atom stereocenters. The van der Waals surface area contributed by atoms with Crippen molar-refractivity contribution >= 4 is 29.9 Å². The first-order valence-electron chi connectivity index (χ1n) is 8.56. The molecule has 0 saturated carbocycles. The molecule has 1 aromatic carbocycles. The molecular formula is C18H31IN4O2. The zero-order valence-electron chi connectivity index (χ0n) is 15.5. The van der Waals surface area contributed by atoms with Crippen molar-refractivity contribution in [3.63, 3.8) is 0 Å². The molecule has 1 fully saturated rings.